The van der Waals surface area contributed by atoms with Crippen LogP contribution in [0.15, 0.2) is 48.5 Å². The predicted molar refractivity (Wildman–Crippen MR) is 101 cm³/mol. The van der Waals surface area contributed by atoms with E-state index in [0.717, 1.165) is 29.0 Å². The summed E-state index contributed by atoms with van der Waals surface area (Å²) in [5.74, 6) is 0.910. The molecule has 1 unspecified atom stereocenters. The number of anilines is 1. The average molecular weight is 338 g/mol. The number of fused-ring (bicyclic) bond motifs is 1. The number of nitrogens with one attached hydrogen (secondary N) is 1. The Bertz CT molecular complexity index is 755. The number of para-hydroxylation sites is 1. The fraction of sp³-hybridized carbons (Fsp3) is 0.381. The number of hydrogen-bond acceptors (Lipinski definition) is 3. The van der Waals surface area contributed by atoms with Crippen molar-refractivity contribution in [1.29, 1.82) is 0 Å². The summed E-state index contributed by atoms with van der Waals surface area (Å²) in [6, 6.07) is 15.7. The van der Waals surface area contributed by atoms with E-state index in [1.54, 1.807) is 0 Å². The van der Waals surface area contributed by atoms with E-state index in [1.165, 1.54) is 0 Å². The minimum Gasteiger partial charge on any atom is -0.491 e. The van der Waals surface area contributed by atoms with Crippen LogP contribution in [0.5, 0.6) is 5.75 Å². The van der Waals surface area contributed by atoms with Gasteiger partial charge in [0, 0.05) is 12.2 Å². The second kappa shape index (κ2) is 6.79. The standard InChI is InChI=1S/C21H26N2O2/c1-5-14-23-20(24)18-8-6-7-9-19(18)22-21(23,4)16-10-12-17(13-11-16)25-15(2)3/h6-13,15,22H,5,14H2,1-4H3. The van der Waals surface area contributed by atoms with Gasteiger partial charge >= 0.3 is 0 Å². The van der Waals surface area contributed by atoms with Crippen LogP contribution in [0.1, 0.15) is 50.0 Å². The van der Waals surface area contributed by atoms with Crippen LogP contribution in [0.3, 0.4) is 0 Å². The van der Waals surface area contributed by atoms with Crippen molar-refractivity contribution < 1.29 is 9.53 Å². The van der Waals surface area contributed by atoms with Crippen molar-refractivity contribution in [3.05, 3.63) is 59.7 Å². The Kier molecular flexibility index (Phi) is 4.71. The summed E-state index contributed by atoms with van der Waals surface area (Å²) in [6.07, 6.45) is 1.04. The van der Waals surface area contributed by atoms with Gasteiger partial charge < -0.3 is 15.0 Å². The van der Waals surface area contributed by atoms with E-state index in [9.17, 15) is 4.79 Å². The third-order valence-electron chi connectivity index (χ3n) is 4.56. The number of benzene rings is 2. The molecule has 0 aromatic heterocycles. The minimum absolute atomic E-state index is 0.0706. The van der Waals surface area contributed by atoms with Crippen LogP contribution in [0, 0.1) is 0 Å². The second-order valence-electron chi connectivity index (χ2n) is 6.89. The summed E-state index contributed by atoms with van der Waals surface area (Å²) in [6.45, 7) is 8.87. The lowest BCUT2D eigenvalue weighted by molar-refractivity contribution is 0.0535. The highest BCUT2D eigenvalue weighted by molar-refractivity contribution is 6.02. The normalized spacial score (nSPS) is 19.6. The number of amides is 1. The summed E-state index contributed by atoms with van der Waals surface area (Å²) < 4.78 is 5.74. The molecule has 3 rings (SSSR count). The predicted octanol–water partition coefficient (Wildman–Crippen LogP) is 4.62. The zero-order valence-corrected chi connectivity index (χ0v) is 15.4. The Morgan fingerprint density at radius 2 is 1.80 bits per heavy atom. The van der Waals surface area contributed by atoms with E-state index in [2.05, 4.69) is 19.2 Å². The van der Waals surface area contributed by atoms with Crippen LogP contribution in [0.2, 0.25) is 0 Å². The summed E-state index contributed by atoms with van der Waals surface area (Å²) in [4.78, 5) is 15.0. The van der Waals surface area contributed by atoms with E-state index < -0.39 is 5.66 Å². The lowest BCUT2D eigenvalue weighted by Gasteiger charge is -2.46. The highest BCUT2D eigenvalue weighted by Gasteiger charge is 2.41. The van der Waals surface area contributed by atoms with Gasteiger partial charge in [-0.05, 0) is 57.0 Å². The molecule has 1 N–H and O–H groups in total. The summed E-state index contributed by atoms with van der Waals surface area (Å²) >= 11 is 0. The Balaban J connectivity index is 2.01. The van der Waals surface area contributed by atoms with Crippen molar-refractivity contribution >= 4 is 11.6 Å². The molecule has 0 saturated heterocycles. The van der Waals surface area contributed by atoms with Crippen LogP contribution in [-0.2, 0) is 5.66 Å². The number of rotatable bonds is 5. The van der Waals surface area contributed by atoms with Crippen LogP contribution in [-0.4, -0.2) is 23.5 Å². The van der Waals surface area contributed by atoms with Gasteiger partial charge in [0.1, 0.15) is 11.4 Å². The maximum Gasteiger partial charge on any atom is 0.258 e. The number of carbonyl (C=O) groups excluding carboxylic acids is 1. The molecular formula is C21H26N2O2. The maximum absolute atomic E-state index is 13.1. The lowest BCUT2D eigenvalue weighted by Crippen LogP contribution is -2.56. The first-order chi connectivity index (χ1) is 12.0. The molecule has 0 bridgehead atoms. The Morgan fingerprint density at radius 3 is 2.44 bits per heavy atom. The van der Waals surface area contributed by atoms with Crippen LogP contribution < -0.4 is 10.1 Å². The quantitative estimate of drug-likeness (QED) is 0.864. The first kappa shape index (κ1) is 17.3. The molecule has 0 saturated carbocycles. The Hall–Kier alpha value is -2.49. The smallest absolute Gasteiger partial charge is 0.258 e. The molecule has 4 nitrogen and oxygen atoms in total. The topological polar surface area (TPSA) is 41.6 Å². The van der Waals surface area contributed by atoms with Crippen molar-refractivity contribution in [2.75, 3.05) is 11.9 Å². The number of hydrogen-bond donors (Lipinski definition) is 1. The van der Waals surface area contributed by atoms with Gasteiger partial charge in [-0.15, -0.1) is 0 Å². The van der Waals surface area contributed by atoms with Gasteiger partial charge in [-0.2, -0.15) is 0 Å². The van der Waals surface area contributed by atoms with E-state index in [0.29, 0.717) is 6.54 Å². The highest BCUT2D eigenvalue weighted by atomic mass is 16.5. The van der Waals surface area contributed by atoms with Crippen LogP contribution in [0.25, 0.3) is 0 Å². The van der Waals surface area contributed by atoms with E-state index >= 15 is 0 Å². The van der Waals surface area contributed by atoms with Crippen molar-refractivity contribution in [2.45, 2.75) is 45.9 Å². The van der Waals surface area contributed by atoms with Gasteiger partial charge in [0.15, 0.2) is 0 Å². The second-order valence-corrected chi connectivity index (χ2v) is 6.89. The zero-order chi connectivity index (χ0) is 18.0. The van der Waals surface area contributed by atoms with Gasteiger partial charge in [0.2, 0.25) is 0 Å². The van der Waals surface area contributed by atoms with Crippen LogP contribution in [0.4, 0.5) is 5.69 Å². The van der Waals surface area contributed by atoms with E-state index in [1.807, 2.05) is 67.3 Å². The SMILES string of the molecule is CCCN1C(=O)c2ccccc2NC1(C)c1ccc(OC(C)C)cc1. The fourth-order valence-electron chi connectivity index (χ4n) is 3.36. The zero-order valence-electron chi connectivity index (χ0n) is 15.4. The van der Waals surface area contributed by atoms with Crippen molar-refractivity contribution in [1.82, 2.24) is 4.90 Å². The molecule has 25 heavy (non-hydrogen) atoms. The van der Waals surface area contributed by atoms with Crippen molar-refractivity contribution in [3.63, 3.8) is 0 Å². The third-order valence-corrected chi connectivity index (χ3v) is 4.56. The fourth-order valence-corrected chi connectivity index (χ4v) is 3.36. The van der Waals surface area contributed by atoms with Gasteiger partial charge in [-0.1, -0.05) is 31.2 Å². The summed E-state index contributed by atoms with van der Waals surface area (Å²) in [5.41, 5.74) is 2.07. The first-order valence-corrected chi connectivity index (χ1v) is 8.92. The molecule has 1 amide bonds. The van der Waals surface area contributed by atoms with E-state index in [-0.39, 0.29) is 12.0 Å². The first-order valence-electron chi connectivity index (χ1n) is 8.92. The molecule has 0 spiro atoms. The Morgan fingerprint density at radius 1 is 1.12 bits per heavy atom. The number of carbonyl (C=O) groups is 1. The molecule has 132 valence electrons. The molecule has 0 radical (unpaired) electrons. The highest BCUT2D eigenvalue weighted by Crippen LogP contribution is 2.38. The third kappa shape index (κ3) is 3.21. The monoisotopic (exact) mass is 338 g/mol. The molecule has 4 heteroatoms. The molecule has 2 aromatic carbocycles. The van der Waals surface area contributed by atoms with E-state index in [4.69, 9.17) is 4.74 Å². The number of nitrogens with zero attached hydrogens (tertiary/aromatic N) is 1. The molecule has 2 aromatic rings. The Labute approximate surface area is 149 Å². The largest absolute Gasteiger partial charge is 0.491 e. The molecule has 1 heterocycles. The molecule has 1 atom stereocenters. The van der Waals surface area contributed by atoms with Gasteiger partial charge in [0.05, 0.1) is 11.7 Å². The molecule has 0 aliphatic carbocycles. The minimum atomic E-state index is -0.586. The molecule has 1 aliphatic heterocycles. The summed E-state index contributed by atoms with van der Waals surface area (Å²) in [7, 11) is 0. The molecular weight excluding hydrogens is 312 g/mol. The molecule has 1 aliphatic rings. The molecule has 0 fully saturated rings. The van der Waals surface area contributed by atoms with Gasteiger partial charge in [0.25, 0.3) is 5.91 Å². The van der Waals surface area contributed by atoms with Crippen molar-refractivity contribution in [3.8, 4) is 5.75 Å². The van der Waals surface area contributed by atoms with Crippen LogP contribution >= 0.6 is 0 Å². The van der Waals surface area contributed by atoms with Gasteiger partial charge in [-0.3, -0.25) is 4.79 Å². The lowest BCUT2D eigenvalue weighted by atomic mass is 9.93. The number of ether oxygens (including phenoxy) is 1. The maximum atomic E-state index is 13.1. The average Bonchev–Trinajstić information content (AvgIpc) is 2.59. The van der Waals surface area contributed by atoms with Gasteiger partial charge in [-0.25, -0.2) is 0 Å². The van der Waals surface area contributed by atoms with Crippen molar-refractivity contribution in [2.24, 2.45) is 0 Å². The summed E-state index contributed by atoms with van der Waals surface area (Å²) in [5, 5.41) is 3.58.